The lowest BCUT2D eigenvalue weighted by atomic mass is 10.2. The van der Waals surface area contributed by atoms with E-state index in [4.69, 9.17) is 4.74 Å². The van der Waals surface area contributed by atoms with Crippen molar-refractivity contribution in [2.75, 3.05) is 42.2 Å². The summed E-state index contributed by atoms with van der Waals surface area (Å²) in [7, 11) is -3.46. The van der Waals surface area contributed by atoms with E-state index >= 15 is 0 Å². The number of sulfonamides is 1. The fraction of sp³-hybridized carbons (Fsp3) is 0.312. The molecule has 1 saturated heterocycles. The molecule has 0 unspecified atom stereocenters. The van der Waals surface area contributed by atoms with Crippen LogP contribution in [0.4, 0.5) is 10.8 Å². The molecule has 0 aliphatic carbocycles. The zero-order chi connectivity index (χ0) is 20.1. The van der Waals surface area contributed by atoms with E-state index in [1.807, 2.05) is 4.90 Å². The molecule has 1 fully saturated rings. The standard InChI is InChI=1S/C16H19N5O5S2/c1-28(24,25)20-12-4-2-3-11(9-12)14(22)18-19-15(23)13-10-27-16(17-13)21-5-7-26-8-6-21/h2-4,9-10,20H,5-8H2,1H3,(H,18,22)(H,19,23). The molecule has 3 rings (SSSR count). The molecule has 0 saturated carbocycles. The molecule has 3 N–H and O–H groups in total. The highest BCUT2D eigenvalue weighted by atomic mass is 32.2. The highest BCUT2D eigenvalue weighted by Crippen LogP contribution is 2.21. The maximum atomic E-state index is 12.2. The fourth-order valence-corrected chi connectivity index (χ4v) is 3.87. The van der Waals surface area contributed by atoms with Gasteiger partial charge in [-0.25, -0.2) is 13.4 Å². The number of carbonyl (C=O) groups excluding carboxylic acids is 2. The molecule has 0 spiro atoms. The molecule has 1 aromatic carbocycles. The smallest absolute Gasteiger partial charge is 0.289 e. The third kappa shape index (κ3) is 5.41. The van der Waals surface area contributed by atoms with Crippen LogP contribution in [0.15, 0.2) is 29.6 Å². The predicted molar refractivity (Wildman–Crippen MR) is 105 cm³/mol. The first-order valence-corrected chi connectivity index (χ1v) is 11.1. The number of amides is 2. The van der Waals surface area contributed by atoms with E-state index in [2.05, 4.69) is 20.6 Å². The Labute approximate surface area is 165 Å². The van der Waals surface area contributed by atoms with Gasteiger partial charge in [0.25, 0.3) is 11.8 Å². The van der Waals surface area contributed by atoms with Crippen molar-refractivity contribution >= 4 is 44.0 Å². The highest BCUT2D eigenvalue weighted by molar-refractivity contribution is 7.92. The van der Waals surface area contributed by atoms with Crippen LogP contribution in [-0.2, 0) is 14.8 Å². The average Bonchev–Trinajstić information content (AvgIpc) is 3.16. The van der Waals surface area contributed by atoms with Crippen LogP contribution in [0.25, 0.3) is 0 Å². The van der Waals surface area contributed by atoms with Crippen LogP contribution >= 0.6 is 11.3 Å². The summed E-state index contributed by atoms with van der Waals surface area (Å²) in [6.45, 7) is 2.65. The third-order valence-corrected chi connectivity index (χ3v) is 5.23. The molecule has 2 amide bonds. The third-order valence-electron chi connectivity index (χ3n) is 3.72. The van der Waals surface area contributed by atoms with Crippen LogP contribution in [0.2, 0.25) is 0 Å². The lowest BCUT2D eigenvalue weighted by Gasteiger charge is -2.25. The number of rotatable bonds is 5. The van der Waals surface area contributed by atoms with Gasteiger partial charge in [-0.1, -0.05) is 6.07 Å². The monoisotopic (exact) mass is 425 g/mol. The molecule has 2 aromatic rings. The molecule has 2 heterocycles. The minimum Gasteiger partial charge on any atom is -0.378 e. The number of nitrogens with zero attached hydrogens (tertiary/aromatic N) is 2. The average molecular weight is 425 g/mol. The van der Waals surface area contributed by atoms with Gasteiger partial charge in [0.05, 0.1) is 19.5 Å². The van der Waals surface area contributed by atoms with E-state index in [-0.39, 0.29) is 16.9 Å². The van der Waals surface area contributed by atoms with Crippen molar-refractivity contribution in [3.05, 3.63) is 40.9 Å². The van der Waals surface area contributed by atoms with Gasteiger partial charge in [-0.15, -0.1) is 11.3 Å². The number of thiazole rings is 1. The number of hydrazine groups is 1. The first-order valence-electron chi connectivity index (χ1n) is 8.28. The van der Waals surface area contributed by atoms with E-state index in [0.29, 0.717) is 26.3 Å². The normalized spacial score (nSPS) is 14.4. The Kier molecular flexibility index (Phi) is 6.11. The maximum Gasteiger partial charge on any atom is 0.289 e. The number of benzene rings is 1. The van der Waals surface area contributed by atoms with Gasteiger partial charge in [-0.3, -0.25) is 25.2 Å². The predicted octanol–water partition coefficient (Wildman–Crippen LogP) is 0.426. The summed E-state index contributed by atoms with van der Waals surface area (Å²) in [6, 6.07) is 5.90. The second kappa shape index (κ2) is 8.54. The van der Waals surface area contributed by atoms with Crippen LogP contribution in [0, 0.1) is 0 Å². The molecular weight excluding hydrogens is 406 g/mol. The summed E-state index contributed by atoms with van der Waals surface area (Å²) in [5.74, 6) is -1.14. The summed E-state index contributed by atoms with van der Waals surface area (Å²) in [5.41, 5.74) is 5.22. The summed E-state index contributed by atoms with van der Waals surface area (Å²) < 4.78 is 30.1. The van der Waals surface area contributed by atoms with Gasteiger partial charge in [-0.05, 0) is 18.2 Å². The first kappa shape index (κ1) is 20.0. The second-order valence-corrected chi connectivity index (χ2v) is 8.56. The maximum absolute atomic E-state index is 12.2. The number of anilines is 2. The second-order valence-electron chi connectivity index (χ2n) is 5.98. The highest BCUT2D eigenvalue weighted by Gasteiger charge is 2.18. The Morgan fingerprint density at radius 2 is 1.89 bits per heavy atom. The van der Waals surface area contributed by atoms with E-state index < -0.39 is 21.8 Å². The van der Waals surface area contributed by atoms with Gasteiger partial charge in [0.1, 0.15) is 5.69 Å². The molecule has 0 radical (unpaired) electrons. The number of nitrogens with one attached hydrogen (secondary N) is 3. The Hall–Kier alpha value is -2.70. The van der Waals surface area contributed by atoms with Crippen molar-refractivity contribution in [2.24, 2.45) is 0 Å². The molecule has 1 aliphatic rings. The molecule has 1 aliphatic heterocycles. The minimum absolute atomic E-state index is 0.182. The lowest BCUT2D eigenvalue weighted by molar-refractivity contribution is 0.0844. The molecule has 28 heavy (non-hydrogen) atoms. The first-order chi connectivity index (χ1) is 13.3. The van der Waals surface area contributed by atoms with Crippen LogP contribution < -0.4 is 20.5 Å². The molecule has 0 bridgehead atoms. The molecule has 10 nitrogen and oxygen atoms in total. The number of hydrogen-bond donors (Lipinski definition) is 3. The Morgan fingerprint density at radius 3 is 2.61 bits per heavy atom. The van der Waals surface area contributed by atoms with Crippen molar-refractivity contribution in [3.63, 3.8) is 0 Å². The van der Waals surface area contributed by atoms with Crippen LogP contribution in [-0.4, -0.2) is 57.8 Å². The van der Waals surface area contributed by atoms with Crippen LogP contribution in [0.5, 0.6) is 0 Å². The topological polar surface area (TPSA) is 130 Å². The lowest BCUT2D eigenvalue weighted by Crippen LogP contribution is -2.42. The zero-order valence-corrected chi connectivity index (χ0v) is 16.6. The van der Waals surface area contributed by atoms with E-state index in [1.54, 1.807) is 5.38 Å². The van der Waals surface area contributed by atoms with Crippen molar-refractivity contribution in [2.45, 2.75) is 0 Å². The Balaban J connectivity index is 1.58. The fourth-order valence-electron chi connectivity index (χ4n) is 2.46. The molecule has 12 heteroatoms. The van der Waals surface area contributed by atoms with Crippen molar-refractivity contribution in [1.29, 1.82) is 0 Å². The Morgan fingerprint density at radius 1 is 1.18 bits per heavy atom. The SMILES string of the molecule is CS(=O)(=O)Nc1cccc(C(=O)NNC(=O)c2csc(N3CCOCC3)n2)c1. The number of morpholine rings is 1. The Bertz CT molecular complexity index is 969. The van der Waals surface area contributed by atoms with Crippen molar-refractivity contribution in [1.82, 2.24) is 15.8 Å². The quantitative estimate of drug-likeness (QED) is 0.592. The largest absolute Gasteiger partial charge is 0.378 e. The molecule has 1 aromatic heterocycles. The van der Waals surface area contributed by atoms with Crippen LogP contribution in [0.3, 0.4) is 0 Å². The molecule has 150 valence electrons. The van der Waals surface area contributed by atoms with E-state index in [1.165, 1.54) is 35.6 Å². The van der Waals surface area contributed by atoms with Gasteiger partial charge in [0.15, 0.2) is 5.13 Å². The van der Waals surface area contributed by atoms with Gasteiger partial charge in [0.2, 0.25) is 10.0 Å². The van der Waals surface area contributed by atoms with E-state index in [9.17, 15) is 18.0 Å². The zero-order valence-electron chi connectivity index (χ0n) is 15.0. The van der Waals surface area contributed by atoms with Gasteiger partial charge >= 0.3 is 0 Å². The van der Waals surface area contributed by atoms with Crippen LogP contribution in [0.1, 0.15) is 20.8 Å². The number of hydrogen-bond acceptors (Lipinski definition) is 8. The summed E-state index contributed by atoms with van der Waals surface area (Å²) in [5, 5.41) is 2.34. The summed E-state index contributed by atoms with van der Waals surface area (Å²) in [4.78, 5) is 30.7. The van der Waals surface area contributed by atoms with Gasteiger partial charge < -0.3 is 9.64 Å². The van der Waals surface area contributed by atoms with Crippen molar-refractivity contribution < 1.29 is 22.7 Å². The summed E-state index contributed by atoms with van der Waals surface area (Å²) >= 11 is 1.34. The minimum atomic E-state index is -3.46. The number of aromatic nitrogens is 1. The van der Waals surface area contributed by atoms with Crippen molar-refractivity contribution in [3.8, 4) is 0 Å². The number of ether oxygens (including phenoxy) is 1. The van der Waals surface area contributed by atoms with Gasteiger partial charge in [-0.2, -0.15) is 0 Å². The van der Waals surface area contributed by atoms with Gasteiger partial charge in [0, 0.05) is 29.7 Å². The summed E-state index contributed by atoms with van der Waals surface area (Å²) in [6.07, 6.45) is 1.01. The molecule has 0 atom stereocenters. The number of carbonyl (C=O) groups is 2. The van der Waals surface area contributed by atoms with E-state index in [0.717, 1.165) is 11.4 Å². The molecular formula is C16H19N5O5S2.